The van der Waals surface area contributed by atoms with Crippen molar-refractivity contribution in [3.8, 4) is 22.3 Å². The summed E-state index contributed by atoms with van der Waals surface area (Å²) >= 11 is 0. The van der Waals surface area contributed by atoms with Crippen LogP contribution in [0.15, 0.2) is 146 Å². The molecule has 1 N–H and O–H groups in total. The van der Waals surface area contributed by atoms with Crippen LogP contribution in [0.4, 0.5) is 0 Å². The van der Waals surface area contributed by atoms with Gasteiger partial charge in [0.25, 0.3) is 0 Å². The summed E-state index contributed by atoms with van der Waals surface area (Å²) in [6, 6.07) is 37.1. The highest BCUT2D eigenvalue weighted by Crippen LogP contribution is 2.42. The molecule has 0 radical (unpaired) electrons. The van der Waals surface area contributed by atoms with Crippen LogP contribution in [-0.2, 0) is 0 Å². The highest BCUT2D eigenvalue weighted by Gasteiger charge is 2.17. The van der Waals surface area contributed by atoms with E-state index in [1.807, 2.05) is 6.20 Å². The molecule has 1 aliphatic rings. The minimum Gasteiger partial charge on any atom is -0.361 e. The van der Waals surface area contributed by atoms with E-state index in [-0.39, 0.29) is 0 Å². The Balaban J connectivity index is 1.64. The molecule has 5 aromatic carbocycles. The van der Waals surface area contributed by atoms with Crippen molar-refractivity contribution in [3.05, 3.63) is 151 Å². The molecule has 0 atom stereocenters. The molecule has 172 valence electrons. The summed E-state index contributed by atoms with van der Waals surface area (Å²) in [4.78, 5) is 0. The van der Waals surface area contributed by atoms with Gasteiger partial charge in [-0.25, -0.2) is 0 Å². The van der Waals surface area contributed by atoms with Crippen molar-refractivity contribution in [1.82, 2.24) is 5.32 Å². The van der Waals surface area contributed by atoms with Crippen LogP contribution in [0, 0.1) is 0 Å². The molecule has 0 saturated heterocycles. The SMILES string of the molecule is C1=C\C/C=C\C=C(\c2c3ccccc3c(-c3cccc(-c4ccccc4)c3)c3ccccc23)N\C=C/1. The molecule has 36 heavy (non-hydrogen) atoms. The Labute approximate surface area is 212 Å². The molecule has 1 aliphatic heterocycles. The van der Waals surface area contributed by atoms with Gasteiger partial charge in [0, 0.05) is 17.5 Å². The molecule has 0 spiro atoms. The van der Waals surface area contributed by atoms with E-state index in [1.54, 1.807) is 0 Å². The van der Waals surface area contributed by atoms with E-state index in [0.29, 0.717) is 0 Å². The molecule has 0 fully saturated rings. The maximum atomic E-state index is 3.56. The Hall–Kier alpha value is -4.62. The largest absolute Gasteiger partial charge is 0.361 e. The number of rotatable bonds is 3. The van der Waals surface area contributed by atoms with Gasteiger partial charge in [-0.05, 0) is 68.4 Å². The molecule has 0 amide bonds. The van der Waals surface area contributed by atoms with E-state index >= 15 is 0 Å². The van der Waals surface area contributed by atoms with Crippen LogP contribution in [-0.4, -0.2) is 0 Å². The first-order chi connectivity index (χ1) is 17.9. The molecule has 1 heterocycles. The Morgan fingerprint density at radius 2 is 1.06 bits per heavy atom. The topological polar surface area (TPSA) is 12.0 Å². The molecule has 5 aromatic rings. The van der Waals surface area contributed by atoms with Gasteiger partial charge in [-0.1, -0.05) is 121 Å². The van der Waals surface area contributed by atoms with Crippen LogP contribution in [0.25, 0.3) is 49.5 Å². The quantitative estimate of drug-likeness (QED) is 0.264. The Morgan fingerprint density at radius 3 is 1.78 bits per heavy atom. The molecule has 1 nitrogen and oxygen atoms in total. The Kier molecular flexibility index (Phi) is 6.04. The minimum absolute atomic E-state index is 0.923. The molecule has 0 aromatic heterocycles. The Bertz CT molecular complexity index is 1610. The van der Waals surface area contributed by atoms with Gasteiger partial charge in [0.1, 0.15) is 0 Å². The minimum atomic E-state index is 0.923. The van der Waals surface area contributed by atoms with Crippen molar-refractivity contribution >= 4 is 27.2 Å². The number of hydrogen-bond donors (Lipinski definition) is 1. The van der Waals surface area contributed by atoms with Crippen molar-refractivity contribution in [1.29, 1.82) is 0 Å². The van der Waals surface area contributed by atoms with Crippen LogP contribution < -0.4 is 5.32 Å². The molecule has 1 heteroatoms. The number of allylic oxidation sites excluding steroid dienone is 6. The predicted molar refractivity (Wildman–Crippen MR) is 155 cm³/mol. The predicted octanol–water partition coefficient (Wildman–Crippen LogP) is 9.29. The van der Waals surface area contributed by atoms with E-state index in [0.717, 1.165) is 12.1 Å². The molecular formula is C35H27N. The van der Waals surface area contributed by atoms with Crippen LogP contribution in [0.2, 0.25) is 0 Å². The highest BCUT2D eigenvalue weighted by molar-refractivity contribution is 6.18. The average Bonchev–Trinajstić information content (AvgIpc) is 2.95. The van der Waals surface area contributed by atoms with Gasteiger partial charge < -0.3 is 5.32 Å². The summed E-state index contributed by atoms with van der Waals surface area (Å²) in [5.41, 5.74) is 7.28. The Morgan fingerprint density at radius 1 is 0.472 bits per heavy atom. The number of fused-ring (bicyclic) bond motifs is 2. The maximum absolute atomic E-state index is 3.56. The lowest BCUT2D eigenvalue weighted by atomic mass is 9.86. The van der Waals surface area contributed by atoms with Gasteiger partial charge in [-0.15, -0.1) is 0 Å². The standard InChI is InChI=1S/C35H27N/c1-2-4-13-24-36-33(23-8-3-1)35-31-21-11-9-19-29(31)34(30-20-10-12-22-32(30)35)28-18-14-17-27(25-28)26-15-6-5-7-16-26/h2-25,36H,1H2/b4-2-,8-3-,24-13-,33-23-. The zero-order valence-electron chi connectivity index (χ0n) is 20.1. The average molecular weight is 462 g/mol. The van der Waals surface area contributed by atoms with Crippen molar-refractivity contribution in [2.75, 3.05) is 0 Å². The second kappa shape index (κ2) is 9.93. The van der Waals surface area contributed by atoms with Gasteiger partial charge in [0.15, 0.2) is 0 Å². The third-order valence-corrected chi connectivity index (χ3v) is 6.71. The van der Waals surface area contributed by atoms with Crippen LogP contribution >= 0.6 is 0 Å². The summed E-state index contributed by atoms with van der Waals surface area (Å²) in [5.74, 6) is 0. The first-order valence-corrected chi connectivity index (χ1v) is 12.4. The van der Waals surface area contributed by atoms with E-state index in [2.05, 4.69) is 145 Å². The first-order valence-electron chi connectivity index (χ1n) is 12.4. The van der Waals surface area contributed by atoms with Crippen molar-refractivity contribution < 1.29 is 0 Å². The van der Waals surface area contributed by atoms with Crippen LogP contribution in [0.5, 0.6) is 0 Å². The fraction of sp³-hybridized carbons (Fsp3) is 0.0286. The molecule has 0 saturated carbocycles. The molecular weight excluding hydrogens is 434 g/mol. The van der Waals surface area contributed by atoms with E-state index in [4.69, 9.17) is 0 Å². The second-order valence-electron chi connectivity index (χ2n) is 8.96. The van der Waals surface area contributed by atoms with Gasteiger partial charge in [-0.3, -0.25) is 0 Å². The second-order valence-corrected chi connectivity index (χ2v) is 8.96. The van der Waals surface area contributed by atoms with Gasteiger partial charge in [-0.2, -0.15) is 0 Å². The lowest BCUT2D eigenvalue weighted by Crippen LogP contribution is -2.05. The number of benzene rings is 5. The fourth-order valence-electron chi connectivity index (χ4n) is 5.09. The zero-order valence-corrected chi connectivity index (χ0v) is 20.1. The van der Waals surface area contributed by atoms with Crippen molar-refractivity contribution in [3.63, 3.8) is 0 Å². The van der Waals surface area contributed by atoms with E-state index in [1.165, 1.54) is 49.4 Å². The van der Waals surface area contributed by atoms with Gasteiger partial charge in [0.2, 0.25) is 0 Å². The molecule has 0 aliphatic carbocycles. The van der Waals surface area contributed by atoms with Crippen LogP contribution in [0.3, 0.4) is 0 Å². The third kappa shape index (κ3) is 4.16. The van der Waals surface area contributed by atoms with Crippen molar-refractivity contribution in [2.45, 2.75) is 6.42 Å². The highest BCUT2D eigenvalue weighted by atomic mass is 14.8. The normalized spacial score (nSPS) is 17.6. The lowest BCUT2D eigenvalue weighted by molar-refractivity contribution is 1.22. The van der Waals surface area contributed by atoms with E-state index in [9.17, 15) is 0 Å². The molecule has 6 rings (SSSR count). The van der Waals surface area contributed by atoms with Gasteiger partial charge in [0.05, 0.1) is 0 Å². The zero-order chi connectivity index (χ0) is 24.2. The summed E-state index contributed by atoms with van der Waals surface area (Å²) in [7, 11) is 0. The maximum Gasteiger partial charge on any atom is 0.0465 e. The fourth-order valence-corrected chi connectivity index (χ4v) is 5.09. The smallest absolute Gasteiger partial charge is 0.0465 e. The number of hydrogen-bond acceptors (Lipinski definition) is 1. The number of nitrogens with one attached hydrogen (secondary N) is 1. The first kappa shape index (κ1) is 21.9. The molecule has 0 unspecified atom stereocenters. The van der Waals surface area contributed by atoms with Crippen molar-refractivity contribution in [2.24, 2.45) is 0 Å². The summed E-state index contributed by atoms with van der Waals surface area (Å²) in [5, 5.41) is 8.55. The summed E-state index contributed by atoms with van der Waals surface area (Å²) in [6.07, 6.45) is 15.7. The van der Waals surface area contributed by atoms with Gasteiger partial charge >= 0.3 is 0 Å². The lowest BCUT2D eigenvalue weighted by Gasteiger charge is -2.19. The third-order valence-electron chi connectivity index (χ3n) is 6.71. The summed E-state index contributed by atoms with van der Waals surface area (Å²) in [6.45, 7) is 0. The molecule has 0 bridgehead atoms. The monoisotopic (exact) mass is 461 g/mol. The van der Waals surface area contributed by atoms with E-state index < -0.39 is 0 Å². The van der Waals surface area contributed by atoms with Crippen LogP contribution in [0.1, 0.15) is 12.0 Å². The summed E-state index contributed by atoms with van der Waals surface area (Å²) < 4.78 is 0.